The van der Waals surface area contributed by atoms with Crippen molar-refractivity contribution in [3.05, 3.63) is 17.7 Å². The Kier molecular flexibility index (Phi) is 5.03. The summed E-state index contributed by atoms with van der Waals surface area (Å²) in [6.07, 6.45) is 0. The predicted octanol–water partition coefficient (Wildman–Crippen LogP) is 2.26. The summed E-state index contributed by atoms with van der Waals surface area (Å²) in [5.41, 5.74) is 3.79. The molecule has 0 bridgehead atoms. The maximum Gasteiger partial charge on any atom is 0.203 e. The molecular weight excluding hydrogens is 244 g/mol. The molecule has 1 aromatic rings. The number of hydrogen-bond acceptors (Lipinski definition) is 5. The lowest BCUT2D eigenvalue weighted by Crippen LogP contribution is -2.36. The minimum absolute atomic E-state index is 0.0267. The van der Waals surface area contributed by atoms with Crippen LogP contribution >= 0.6 is 0 Å². The summed E-state index contributed by atoms with van der Waals surface area (Å²) in [5, 5.41) is 0. The Bertz CT molecular complexity index is 402. The van der Waals surface area contributed by atoms with Gasteiger partial charge in [0.15, 0.2) is 11.5 Å². The van der Waals surface area contributed by atoms with E-state index in [1.54, 1.807) is 21.3 Å². The van der Waals surface area contributed by atoms with Gasteiger partial charge in [0.25, 0.3) is 0 Å². The first-order valence-corrected chi connectivity index (χ1v) is 6.15. The van der Waals surface area contributed by atoms with Gasteiger partial charge in [-0.05, 0) is 23.1 Å². The van der Waals surface area contributed by atoms with Gasteiger partial charge in [0.05, 0.1) is 27.4 Å². The highest BCUT2D eigenvalue weighted by Gasteiger charge is 2.27. The summed E-state index contributed by atoms with van der Waals surface area (Å²) >= 11 is 0. The zero-order valence-electron chi connectivity index (χ0n) is 12.5. The largest absolute Gasteiger partial charge is 0.493 e. The smallest absolute Gasteiger partial charge is 0.203 e. The van der Waals surface area contributed by atoms with Crippen molar-refractivity contribution >= 4 is 0 Å². The number of hydrazine groups is 1. The van der Waals surface area contributed by atoms with Crippen molar-refractivity contribution in [1.29, 1.82) is 0 Å². The van der Waals surface area contributed by atoms with Gasteiger partial charge >= 0.3 is 0 Å². The van der Waals surface area contributed by atoms with Crippen LogP contribution in [0, 0.1) is 5.41 Å². The number of nitrogens with two attached hydrogens (primary N) is 1. The Morgan fingerprint density at radius 3 is 1.74 bits per heavy atom. The second-order valence-electron chi connectivity index (χ2n) is 5.42. The van der Waals surface area contributed by atoms with Crippen LogP contribution in [0.5, 0.6) is 17.2 Å². The molecule has 0 amide bonds. The van der Waals surface area contributed by atoms with Crippen LogP contribution in [-0.2, 0) is 0 Å². The zero-order chi connectivity index (χ0) is 14.6. The van der Waals surface area contributed by atoms with E-state index in [4.69, 9.17) is 20.1 Å². The Morgan fingerprint density at radius 2 is 1.47 bits per heavy atom. The van der Waals surface area contributed by atoms with Crippen molar-refractivity contribution < 1.29 is 14.2 Å². The second kappa shape index (κ2) is 6.12. The first-order valence-electron chi connectivity index (χ1n) is 6.15. The van der Waals surface area contributed by atoms with Gasteiger partial charge in [-0.25, -0.2) is 0 Å². The topological polar surface area (TPSA) is 65.7 Å². The maximum atomic E-state index is 5.68. The monoisotopic (exact) mass is 268 g/mol. The van der Waals surface area contributed by atoms with E-state index in [-0.39, 0.29) is 11.5 Å². The lowest BCUT2D eigenvalue weighted by molar-refractivity contribution is 0.271. The van der Waals surface area contributed by atoms with E-state index in [9.17, 15) is 0 Å². The Morgan fingerprint density at radius 1 is 1.00 bits per heavy atom. The molecule has 1 aromatic carbocycles. The summed E-state index contributed by atoms with van der Waals surface area (Å²) in [7, 11) is 4.79. The van der Waals surface area contributed by atoms with Gasteiger partial charge in [0.1, 0.15) is 0 Å². The van der Waals surface area contributed by atoms with Gasteiger partial charge in [-0.15, -0.1) is 0 Å². The van der Waals surface area contributed by atoms with Gasteiger partial charge < -0.3 is 14.2 Å². The van der Waals surface area contributed by atoms with E-state index in [1.165, 1.54) is 0 Å². The minimum Gasteiger partial charge on any atom is -0.493 e. The van der Waals surface area contributed by atoms with Crippen LogP contribution in [0.4, 0.5) is 0 Å². The summed E-state index contributed by atoms with van der Waals surface area (Å²) < 4.78 is 16.0. The number of methoxy groups -OCH3 is 3. The molecule has 0 aliphatic rings. The fraction of sp³-hybridized carbons (Fsp3) is 0.571. The summed E-state index contributed by atoms with van der Waals surface area (Å²) in [5.74, 6) is 7.52. The highest BCUT2D eigenvalue weighted by Crippen LogP contribution is 2.42. The molecule has 0 fully saturated rings. The Labute approximate surface area is 115 Å². The van der Waals surface area contributed by atoms with Crippen molar-refractivity contribution in [3.63, 3.8) is 0 Å². The quantitative estimate of drug-likeness (QED) is 0.633. The van der Waals surface area contributed by atoms with Crippen LogP contribution in [0.3, 0.4) is 0 Å². The molecule has 19 heavy (non-hydrogen) atoms. The molecule has 1 atom stereocenters. The first kappa shape index (κ1) is 15.6. The van der Waals surface area contributed by atoms with Gasteiger partial charge in [0, 0.05) is 0 Å². The van der Waals surface area contributed by atoms with E-state index in [0.717, 1.165) is 5.56 Å². The predicted molar refractivity (Wildman–Crippen MR) is 75.6 cm³/mol. The fourth-order valence-corrected chi connectivity index (χ4v) is 2.11. The lowest BCUT2D eigenvalue weighted by Gasteiger charge is -2.31. The van der Waals surface area contributed by atoms with E-state index in [0.29, 0.717) is 17.2 Å². The summed E-state index contributed by atoms with van der Waals surface area (Å²) in [4.78, 5) is 0. The molecule has 0 aromatic heterocycles. The molecule has 0 heterocycles. The van der Waals surface area contributed by atoms with Gasteiger partial charge in [0.2, 0.25) is 5.75 Å². The van der Waals surface area contributed by atoms with Crippen LogP contribution in [0.1, 0.15) is 32.4 Å². The SMILES string of the molecule is COc1cc(C(NN)C(C)(C)C)cc(OC)c1OC. The minimum atomic E-state index is -0.0423. The van der Waals surface area contributed by atoms with Crippen molar-refractivity contribution in [2.45, 2.75) is 26.8 Å². The molecule has 0 saturated heterocycles. The number of nitrogens with one attached hydrogen (secondary N) is 1. The number of hydrogen-bond donors (Lipinski definition) is 2. The highest BCUT2D eigenvalue weighted by atomic mass is 16.5. The maximum absolute atomic E-state index is 5.68. The van der Waals surface area contributed by atoms with E-state index < -0.39 is 0 Å². The lowest BCUT2D eigenvalue weighted by atomic mass is 9.82. The molecule has 0 saturated carbocycles. The van der Waals surface area contributed by atoms with Crippen molar-refractivity contribution in [2.75, 3.05) is 21.3 Å². The molecule has 1 rings (SSSR count). The average Bonchev–Trinajstić information content (AvgIpc) is 2.36. The third-order valence-electron chi connectivity index (χ3n) is 3.05. The number of ether oxygens (including phenoxy) is 3. The summed E-state index contributed by atoms with van der Waals surface area (Å²) in [6.45, 7) is 6.34. The normalized spacial score (nSPS) is 13.0. The second-order valence-corrected chi connectivity index (χ2v) is 5.42. The van der Waals surface area contributed by atoms with Crippen LogP contribution in [0.25, 0.3) is 0 Å². The molecule has 1 unspecified atom stereocenters. The molecule has 0 spiro atoms. The highest BCUT2D eigenvalue weighted by molar-refractivity contribution is 5.54. The van der Waals surface area contributed by atoms with Gasteiger partial charge in [-0.2, -0.15) is 0 Å². The van der Waals surface area contributed by atoms with Crippen LogP contribution in [0.15, 0.2) is 12.1 Å². The zero-order valence-corrected chi connectivity index (χ0v) is 12.5. The Balaban J connectivity index is 3.37. The third kappa shape index (κ3) is 3.30. The van der Waals surface area contributed by atoms with Crippen LogP contribution in [0.2, 0.25) is 0 Å². The van der Waals surface area contributed by atoms with E-state index >= 15 is 0 Å². The molecular formula is C14H24N2O3. The molecule has 5 heteroatoms. The fourth-order valence-electron chi connectivity index (χ4n) is 2.11. The Hall–Kier alpha value is -1.46. The molecule has 0 aliphatic heterocycles. The van der Waals surface area contributed by atoms with Crippen molar-refractivity contribution in [1.82, 2.24) is 5.43 Å². The number of benzene rings is 1. The molecule has 0 aliphatic carbocycles. The van der Waals surface area contributed by atoms with Crippen LogP contribution < -0.4 is 25.5 Å². The average molecular weight is 268 g/mol. The molecule has 108 valence electrons. The molecule has 5 nitrogen and oxygen atoms in total. The van der Waals surface area contributed by atoms with Crippen molar-refractivity contribution in [2.24, 2.45) is 11.3 Å². The standard InChI is InChI=1S/C14H24N2O3/c1-14(2,3)13(16-15)9-7-10(17-4)12(19-6)11(8-9)18-5/h7-8,13,16H,15H2,1-6H3. The first-order chi connectivity index (χ1) is 8.88. The van der Waals surface area contributed by atoms with Crippen LogP contribution in [-0.4, -0.2) is 21.3 Å². The summed E-state index contributed by atoms with van der Waals surface area (Å²) in [6, 6.07) is 3.80. The number of rotatable bonds is 5. The molecule has 3 N–H and O–H groups in total. The third-order valence-corrected chi connectivity index (χ3v) is 3.05. The van der Waals surface area contributed by atoms with E-state index in [2.05, 4.69) is 26.2 Å². The van der Waals surface area contributed by atoms with Crippen molar-refractivity contribution in [3.8, 4) is 17.2 Å². The molecule has 0 radical (unpaired) electrons. The van der Waals surface area contributed by atoms with Gasteiger partial charge in [-0.1, -0.05) is 20.8 Å². The van der Waals surface area contributed by atoms with E-state index in [1.807, 2.05) is 12.1 Å². The van der Waals surface area contributed by atoms with Gasteiger partial charge in [-0.3, -0.25) is 11.3 Å².